The molecule has 1 N–H and O–H groups in total. The highest BCUT2D eigenvalue weighted by molar-refractivity contribution is 7.07. The Morgan fingerprint density at radius 1 is 1.29 bits per heavy atom. The van der Waals surface area contributed by atoms with Crippen molar-refractivity contribution < 1.29 is 14.3 Å². The van der Waals surface area contributed by atoms with Crippen molar-refractivity contribution in [2.75, 3.05) is 5.32 Å². The zero-order valence-electron chi connectivity index (χ0n) is 12.0. The molecule has 110 valence electrons. The third-order valence-electron chi connectivity index (χ3n) is 3.01. The summed E-state index contributed by atoms with van der Waals surface area (Å²) in [5.74, 6) is -0.733. The number of para-hydroxylation sites is 1. The number of nitrogens with one attached hydrogen (secondary N) is 1. The van der Waals surface area contributed by atoms with Crippen LogP contribution in [0.4, 0.5) is 5.69 Å². The van der Waals surface area contributed by atoms with Gasteiger partial charge in [0.1, 0.15) is 0 Å². The lowest BCUT2D eigenvalue weighted by Gasteiger charge is -2.14. The molecule has 21 heavy (non-hydrogen) atoms. The Bertz CT molecular complexity index is 622. The molecule has 1 atom stereocenters. The fourth-order valence-corrected chi connectivity index (χ4v) is 2.47. The summed E-state index contributed by atoms with van der Waals surface area (Å²) in [6, 6.07) is 9.32. The number of carbonyl (C=O) groups excluding carboxylic acids is 2. The van der Waals surface area contributed by atoms with Gasteiger partial charge in [0, 0.05) is 5.69 Å². The van der Waals surface area contributed by atoms with Crippen molar-refractivity contribution >= 4 is 28.9 Å². The molecule has 0 bridgehead atoms. The van der Waals surface area contributed by atoms with Crippen LogP contribution >= 0.6 is 11.3 Å². The van der Waals surface area contributed by atoms with Crippen LogP contribution in [0.3, 0.4) is 0 Å². The molecular weight excluding hydrogens is 286 g/mol. The molecule has 0 spiro atoms. The van der Waals surface area contributed by atoms with Crippen molar-refractivity contribution in [2.24, 2.45) is 0 Å². The van der Waals surface area contributed by atoms with E-state index in [4.69, 9.17) is 4.74 Å². The molecule has 1 aromatic heterocycles. The normalized spacial score (nSPS) is 11.7. The second-order valence-electron chi connectivity index (χ2n) is 4.74. The van der Waals surface area contributed by atoms with Gasteiger partial charge in [-0.15, -0.1) is 0 Å². The number of aryl methyl sites for hydroxylation is 1. The van der Waals surface area contributed by atoms with Crippen molar-refractivity contribution in [3.05, 3.63) is 52.2 Å². The molecule has 0 radical (unpaired) electrons. The maximum absolute atomic E-state index is 12.0. The zero-order valence-corrected chi connectivity index (χ0v) is 12.8. The molecule has 1 amide bonds. The summed E-state index contributed by atoms with van der Waals surface area (Å²) in [6.07, 6.45) is -0.637. The third kappa shape index (κ3) is 4.43. The number of carbonyl (C=O) groups is 2. The lowest BCUT2D eigenvalue weighted by Crippen LogP contribution is -2.30. The minimum absolute atomic E-state index is 0.186. The molecule has 1 aromatic carbocycles. The lowest BCUT2D eigenvalue weighted by atomic mass is 10.2. The van der Waals surface area contributed by atoms with Gasteiger partial charge in [-0.1, -0.05) is 18.2 Å². The molecule has 0 saturated carbocycles. The van der Waals surface area contributed by atoms with Gasteiger partial charge in [-0.25, -0.2) is 0 Å². The fraction of sp³-hybridized carbons (Fsp3) is 0.250. The first-order valence-corrected chi connectivity index (χ1v) is 7.57. The topological polar surface area (TPSA) is 55.4 Å². The number of benzene rings is 1. The van der Waals surface area contributed by atoms with Crippen LogP contribution in [0.2, 0.25) is 0 Å². The van der Waals surface area contributed by atoms with Crippen LogP contribution in [0.15, 0.2) is 41.1 Å². The molecule has 0 aliphatic rings. The van der Waals surface area contributed by atoms with Gasteiger partial charge in [-0.2, -0.15) is 11.3 Å². The van der Waals surface area contributed by atoms with Crippen LogP contribution in [0.25, 0.3) is 0 Å². The Morgan fingerprint density at radius 3 is 2.71 bits per heavy atom. The number of thiophene rings is 1. The number of amides is 1. The zero-order chi connectivity index (χ0) is 15.2. The molecule has 2 rings (SSSR count). The van der Waals surface area contributed by atoms with Crippen molar-refractivity contribution in [3.8, 4) is 0 Å². The second-order valence-corrected chi connectivity index (χ2v) is 5.52. The predicted octanol–water partition coefficient (Wildman–Crippen LogP) is 3.17. The van der Waals surface area contributed by atoms with E-state index in [0.29, 0.717) is 0 Å². The van der Waals surface area contributed by atoms with E-state index < -0.39 is 12.1 Å². The van der Waals surface area contributed by atoms with Gasteiger partial charge in [0.2, 0.25) is 0 Å². The Labute approximate surface area is 127 Å². The summed E-state index contributed by atoms with van der Waals surface area (Å²) < 4.78 is 5.15. The number of hydrogen-bond acceptors (Lipinski definition) is 4. The Hall–Kier alpha value is -2.14. The average molecular weight is 303 g/mol. The first kappa shape index (κ1) is 15.3. The Kier molecular flexibility index (Phi) is 5.11. The molecule has 1 heterocycles. The van der Waals surface area contributed by atoms with Gasteiger partial charge in [0.15, 0.2) is 6.10 Å². The summed E-state index contributed by atoms with van der Waals surface area (Å²) >= 11 is 1.52. The number of anilines is 1. The quantitative estimate of drug-likeness (QED) is 0.863. The molecule has 5 heteroatoms. The van der Waals surface area contributed by atoms with E-state index in [1.54, 1.807) is 6.92 Å². The van der Waals surface area contributed by atoms with E-state index >= 15 is 0 Å². The highest BCUT2D eigenvalue weighted by atomic mass is 32.1. The van der Waals surface area contributed by atoms with E-state index in [0.717, 1.165) is 16.8 Å². The van der Waals surface area contributed by atoms with Gasteiger partial charge in [-0.05, 0) is 47.9 Å². The highest BCUT2D eigenvalue weighted by Gasteiger charge is 2.18. The van der Waals surface area contributed by atoms with Crippen LogP contribution < -0.4 is 5.32 Å². The summed E-state index contributed by atoms with van der Waals surface area (Å²) in [5, 5.41) is 6.55. The molecular formula is C16H17NO3S. The maximum Gasteiger partial charge on any atom is 0.311 e. The van der Waals surface area contributed by atoms with Gasteiger partial charge in [0.05, 0.1) is 6.42 Å². The molecule has 2 aromatic rings. The monoisotopic (exact) mass is 303 g/mol. The molecule has 0 fully saturated rings. The second kappa shape index (κ2) is 7.04. The number of rotatable bonds is 5. The minimum atomic E-state index is -0.823. The smallest absolute Gasteiger partial charge is 0.311 e. The van der Waals surface area contributed by atoms with E-state index in [9.17, 15) is 9.59 Å². The average Bonchev–Trinajstić information content (AvgIpc) is 2.93. The number of esters is 1. The highest BCUT2D eigenvalue weighted by Crippen LogP contribution is 2.14. The van der Waals surface area contributed by atoms with Crippen LogP contribution in [-0.2, 0) is 20.7 Å². The molecule has 0 aliphatic heterocycles. The van der Waals surface area contributed by atoms with Gasteiger partial charge >= 0.3 is 5.97 Å². The lowest BCUT2D eigenvalue weighted by molar-refractivity contribution is -0.152. The fourth-order valence-electron chi connectivity index (χ4n) is 1.80. The van der Waals surface area contributed by atoms with Crippen LogP contribution in [0.1, 0.15) is 18.1 Å². The van der Waals surface area contributed by atoms with E-state index in [1.807, 2.05) is 48.0 Å². The molecule has 0 saturated heterocycles. The van der Waals surface area contributed by atoms with Crippen molar-refractivity contribution in [1.82, 2.24) is 0 Å². The predicted molar refractivity (Wildman–Crippen MR) is 83.4 cm³/mol. The summed E-state index contributed by atoms with van der Waals surface area (Å²) in [5.41, 5.74) is 2.59. The maximum atomic E-state index is 12.0. The number of hydrogen-bond donors (Lipinski definition) is 1. The van der Waals surface area contributed by atoms with Crippen LogP contribution in [-0.4, -0.2) is 18.0 Å². The van der Waals surface area contributed by atoms with E-state index in [1.165, 1.54) is 11.3 Å². The largest absolute Gasteiger partial charge is 0.452 e. The van der Waals surface area contributed by atoms with Crippen molar-refractivity contribution in [2.45, 2.75) is 26.4 Å². The van der Waals surface area contributed by atoms with Crippen molar-refractivity contribution in [3.63, 3.8) is 0 Å². The van der Waals surface area contributed by atoms with Crippen molar-refractivity contribution in [1.29, 1.82) is 0 Å². The van der Waals surface area contributed by atoms with E-state index in [2.05, 4.69) is 5.32 Å². The first-order valence-electron chi connectivity index (χ1n) is 6.63. The first-order chi connectivity index (χ1) is 10.1. The number of ether oxygens (including phenoxy) is 1. The van der Waals surface area contributed by atoms with Crippen LogP contribution in [0, 0.1) is 6.92 Å². The van der Waals surface area contributed by atoms with Gasteiger partial charge < -0.3 is 10.1 Å². The summed E-state index contributed by atoms with van der Waals surface area (Å²) in [6.45, 7) is 3.47. The molecule has 1 unspecified atom stereocenters. The minimum Gasteiger partial charge on any atom is -0.452 e. The summed E-state index contributed by atoms with van der Waals surface area (Å²) in [7, 11) is 0. The summed E-state index contributed by atoms with van der Waals surface area (Å²) in [4.78, 5) is 23.8. The van der Waals surface area contributed by atoms with Gasteiger partial charge in [0.25, 0.3) is 5.91 Å². The van der Waals surface area contributed by atoms with E-state index in [-0.39, 0.29) is 12.3 Å². The standard InChI is InChI=1S/C16H17NO3S/c1-11-5-3-4-6-14(11)17-16(19)12(2)20-15(18)9-13-7-8-21-10-13/h3-8,10,12H,9H2,1-2H3,(H,17,19). The molecule has 0 aliphatic carbocycles. The van der Waals surface area contributed by atoms with Crippen LogP contribution in [0.5, 0.6) is 0 Å². The Balaban J connectivity index is 1.88. The third-order valence-corrected chi connectivity index (χ3v) is 3.74. The Morgan fingerprint density at radius 2 is 2.05 bits per heavy atom. The van der Waals surface area contributed by atoms with Gasteiger partial charge in [-0.3, -0.25) is 9.59 Å². The SMILES string of the molecule is Cc1ccccc1NC(=O)C(C)OC(=O)Cc1ccsc1. The molecule has 4 nitrogen and oxygen atoms in total.